The second-order valence-corrected chi connectivity index (χ2v) is 3.28. The van der Waals surface area contributed by atoms with E-state index in [0.717, 1.165) is 5.76 Å². The maximum Gasteiger partial charge on any atom is 0.223 e. The van der Waals surface area contributed by atoms with Crippen LogP contribution in [-0.2, 0) is 11.2 Å². The maximum atomic E-state index is 11.6. The second kappa shape index (κ2) is 6.24. The number of aliphatic hydroxyl groups is 1. The van der Waals surface area contributed by atoms with Crippen LogP contribution in [0.25, 0.3) is 0 Å². The van der Waals surface area contributed by atoms with Crippen molar-refractivity contribution in [3.05, 3.63) is 24.2 Å². The number of furan rings is 1. The Hall–Kier alpha value is -1.29. The SMILES string of the molecule is CCN(CCO)C(=O)CCc1ccco1. The Labute approximate surface area is 89.5 Å². The summed E-state index contributed by atoms with van der Waals surface area (Å²) in [4.78, 5) is 13.3. The van der Waals surface area contributed by atoms with Gasteiger partial charge in [-0.3, -0.25) is 4.79 Å². The molecule has 0 saturated heterocycles. The number of hydrogen-bond donors (Lipinski definition) is 1. The zero-order valence-electron chi connectivity index (χ0n) is 8.98. The van der Waals surface area contributed by atoms with Crippen molar-refractivity contribution >= 4 is 5.91 Å². The van der Waals surface area contributed by atoms with Gasteiger partial charge in [0.05, 0.1) is 12.9 Å². The van der Waals surface area contributed by atoms with E-state index < -0.39 is 0 Å². The summed E-state index contributed by atoms with van der Waals surface area (Å²) in [5.74, 6) is 0.881. The molecule has 1 rings (SSSR count). The third-order valence-corrected chi connectivity index (χ3v) is 2.27. The number of carbonyl (C=O) groups is 1. The van der Waals surface area contributed by atoms with E-state index in [-0.39, 0.29) is 12.5 Å². The van der Waals surface area contributed by atoms with Crippen molar-refractivity contribution in [3.63, 3.8) is 0 Å². The van der Waals surface area contributed by atoms with Gasteiger partial charge in [-0.05, 0) is 19.1 Å². The van der Waals surface area contributed by atoms with Crippen molar-refractivity contribution in [2.75, 3.05) is 19.7 Å². The second-order valence-electron chi connectivity index (χ2n) is 3.28. The molecule has 0 atom stereocenters. The van der Waals surface area contributed by atoms with E-state index >= 15 is 0 Å². The minimum absolute atomic E-state index is 0.0142. The average Bonchev–Trinajstić information content (AvgIpc) is 2.75. The van der Waals surface area contributed by atoms with Crippen LogP contribution in [-0.4, -0.2) is 35.6 Å². The van der Waals surface area contributed by atoms with Gasteiger partial charge >= 0.3 is 0 Å². The molecule has 84 valence electrons. The van der Waals surface area contributed by atoms with Gasteiger partial charge in [-0.2, -0.15) is 0 Å². The molecule has 4 nitrogen and oxygen atoms in total. The number of aryl methyl sites for hydroxylation is 1. The molecule has 0 aromatic carbocycles. The van der Waals surface area contributed by atoms with Crippen molar-refractivity contribution in [1.29, 1.82) is 0 Å². The number of hydrogen-bond acceptors (Lipinski definition) is 3. The summed E-state index contributed by atoms with van der Waals surface area (Å²) in [6.07, 6.45) is 2.65. The Kier molecular flexibility index (Phi) is 4.90. The highest BCUT2D eigenvalue weighted by Crippen LogP contribution is 2.05. The quantitative estimate of drug-likeness (QED) is 0.765. The summed E-state index contributed by atoms with van der Waals surface area (Å²) in [5.41, 5.74) is 0. The summed E-state index contributed by atoms with van der Waals surface area (Å²) < 4.78 is 5.14. The lowest BCUT2D eigenvalue weighted by molar-refractivity contribution is -0.131. The third kappa shape index (κ3) is 3.75. The molecule has 0 saturated carbocycles. The fourth-order valence-electron chi connectivity index (χ4n) is 1.42. The number of likely N-dealkylation sites (N-methyl/N-ethyl adjacent to an activating group) is 1. The number of carbonyl (C=O) groups excluding carboxylic acids is 1. The lowest BCUT2D eigenvalue weighted by Crippen LogP contribution is -2.33. The average molecular weight is 211 g/mol. The molecule has 1 heterocycles. The van der Waals surface area contributed by atoms with Crippen molar-refractivity contribution in [3.8, 4) is 0 Å². The normalized spacial score (nSPS) is 10.3. The van der Waals surface area contributed by atoms with E-state index in [1.807, 2.05) is 19.1 Å². The Bertz CT molecular complexity index is 282. The Morgan fingerprint density at radius 2 is 2.40 bits per heavy atom. The zero-order chi connectivity index (χ0) is 11.1. The van der Waals surface area contributed by atoms with E-state index in [9.17, 15) is 4.79 Å². The summed E-state index contributed by atoms with van der Waals surface area (Å²) in [6, 6.07) is 3.67. The predicted molar refractivity (Wildman–Crippen MR) is 56.4 cm³/mol. The van der Waals surface area contributed by atoms with Gasteiger partial charge in [0.2, 0.25) is 5.91 Å². The molecule has 0 aliphatic carbocycles. The number of amides is 1. The van der Waals surface area contributed by atoms with E-state index in [4.69, 9.17) is 9.52 Å². The van der Waals surface area contributed by atoms with Crippen LogP contribution in [0.1, 0.15) is 19.1 Å². The first-order valence-corrected chi connectivity index (χ1v) is 5.19. The van der Waals surface area contributed by atoms with Gasteiger partial charge in [0, 0.05) is 25.9 Å². The first-order chi connectivity index (χ1) is 7.27. The first kappa shape index (κ1) is 11.8. The standard InChI is InChI=1S/C11H17NO3/c1-2-12(7-8-13)11(14)6-5-10-4-3-9-15-10/h3-4,9,13H,2,5-8H2,1H3. The third-order valence-electron chi connectivity index (χ3n) is 2.27. The molecule has 1 amide bonds. The minimum atomic E-state index is 0.0142. The fraction of sp³-hybridized carbons (Fsp3) is 0.545. The van der Waals surface area contributed by atoms with Gasteiger partial charge in [0.15, 0.2) is 0 Å². The van der Waals surface area contributed by atoms with Crippen molar-refractivity contribution in [1.82, 2.24) is 4.90 Å². The smallest absolute Gasteiger partial charge is 0.223 e. The molecular weight excluding hydrogens is 194 g/mol. The van der Waals surface area contributed by atoms with Crippen LogP contribution in [0.4, 0.5) is 0 Å². The number of rotatable bonds is 6. The molecule has 0 bridgehead atoms. The molecule has 15 heavy (non-hydrogen) atoms. The highest BCUT2D eigenvalue weighted by molar-refractivity contribution is 5.76. The van der Waals surface area contributed by atoms with Gasteiger partial charge in [-0.1, -0.05) is 0 Å². The molecule has 1 aromatic heterocycles. The maximum absolute atomic E-state index is 11.6. The number of aliphatic hydroxyl groups excluding tert-OH is 1. The van der Waals surface area contributed by atoms with Gasteiger partial charge < -0.3 is 14.4 Å². The van der Waals surface area contributed by atoms with Crippen LogP contribution < -0.4 is 0 Å². The fourth-order valence-corrected chi connectivity index (χ4v) is 1.42. The van der Waals surface area contributed by atoms with Crippen LogP contribution in [0.3, 0.4) is 0 Å². The van der Waals surface area contributed by atoms with Crippen molar-refractivity contribution in [2.24, 2.45) is 0 Å². The van der Waals surface area contributed by atoms with Gasteiger partial charge in [-0.15, -0.1) is 0 Å². The summed E-state index contributed by atoms with van der Waals surface area (Å²) in [6.45, 7) is 2.96. The number of nitrogens with zero attached hydrogens (tertiary/aromatic N) is 1. The van der Waals surface area contributed by atoms with Crippen LogP contribution in [0.5, 0.6) is 0 Å². The molecule has 0 spiro atoms. The largest absolute Gasteiger partial charge is 0.469 e. The highest BCUT2D eigenvalue weighted by Gasteiger charge is 2.11. The van der Waals surface area contributed by atoms with E-state index in [1.165, 1.54) is 0 Å². The van der Waals surface area contributed by atoms with Crippen LogP contribution >= 0.6 is 0 Å². The monoisotopic (exact) mass is 211 g/mol. The first-order valence-electron chi connectivity index (χ1n) is 5.19. The molecule has 4 heteroatoms. The van der Waals surface area contributed by atoms with E-state index in [0.29, 0.717) is 25.9 Å². The summed E-state index contributed by atoms with van der Waals surface area (Å²) in [5, 5.41) is 8.76. The van der Waals surface area contributed by atoms with E-state index in [1.54, 1.807) is 11.2 Å². The van der Waals surface area contributed by atoms with Crippen LogP contribution in [0.2, 0.25) is 0 Å². The minimum Gasteiger partial charge on any atom is -0.469 e. The molecule has 1 N–H and O–H groups in total. The van der Waals surface area contributed by atoms with Gasteiger partial charge in [0.25, 0.3) is 0 Å². The highest BCUT2D eigenvalue weighted by atomic mass is 16.3. The van der Waals surface area contributed by atoms with Gasteiger partial charge in [0.1, 0.15) is 5.76 Å². The summed E-state index contributed by atoms with van der Waals surface area (Å²) in [7, 11) is 0. The van der Waals surface area contributed by atoms with Crippen LogP contribution in [0.15, 0.2) is 22.8 Å². The zero-order valence-corrected chi connectivity index (χ0v) is 8.98. The lowest BCUT2D eigenvalue weighted by atomic mass is 10.2. The molecule has 0 unspecified atom stereocenters. The summed E-state index contributed by atoms with van der Waals surface area (Å²) >= 11 is 0. The Balaban J connectivity index is 2.34. The van der Waals surface area contributed by atoms with Crippen LogP contribution in [0, 0.1) is 0 Å². The van der Waals surface area contributed by atoms with Crippen molar-refractivity contribution < 1.29 is 14.3 Å². The molecule has 0 aliphatic heterocycles. The molecule has 0 fully saturated rings. The van der Waals surface area contributed by atoms with Gasteiger partial charge in [-0.25, -0.2) is 0 Å². The molecule has 0 radical (unpaired) electrons. The Morgan fingerprint density at radius 1 is 1.60 bits per heavy atom. The predicted octanol–water partition coefficient (Wildman–Crippen LogP) is 1.05. The van der Waals surface area contributed by atoms with E-state index in [2.05, 4.69) is 0 Å². The molecular formula is C11H17NO3. The molecule has 0 aliphatic rings. The Morgan fingerprint density at radius 3 is 2.93 bits per heavy atom. The molecule has 1 aromatic rings. The topological polar surface area (TPSA) is 53.7 Å². The lowest BCUT2D eigenvalue weighted by Gasteiger charge is -2.19. The van der Waals surface area contributed by atoms with Crippen molar-refractivity contribution in [2.45, 2.75) is 19.8 Å².